The summed E-state index contributed by atoms with van der Waals surface area (Å²) in [6.45, 7) is 6.85. The molecular formula is C23H29N3O5. The molecule has 1 aliphatic heterocycles. The van der Waals surface area contributed by atoms with E-state index in [0.717, 1.165) is 5.56 Å². The first kappa shape index (κ1) is 22.6. The molecule has 3 rings (SSSR count). The van der Waals surface area contributed by atoms with Crippen molar-refractivity contribution in [2.75, 3.05) is 37.1 Å². The van der Waals surface area contributed by atoms with Crippen LogP contribution in [0.15, 0.2) is 42.5 Å². The Hall–Kier alpha value is -3.10. The standard InChI is InChI=1S/C23H29N3O5/c1-5-30-20(31-6-2)14-26-19-12-11-17(29-4)13-18(19)21(22(26)27)25-23(28)24-16-9-7-15(3)8-10-16/h7-13,20-21H,5-6,14H2,1-4H3,(H2,24,25,28). The summed E-state index contributed by atoms with van der Waals surface area (Å²) in [5.74, 6) is 0.344. The predicted octanol–water partition coefficient (Wildman–Crippen LogP) is 3.61. The minimum absolute atomic E-state index is 0.220. The van der Waals surface area contributed by atoms with Gasteiger partial charge in [0, 0.05) is 30.2 Å². The number of aryl methyl sites for hydroxylation is 1. The van der Waals surface area contributed by atoms with Crippen LogP contribution in [0.25, 0.3) is 0 Å². The number of carbonyl (C=O) groups is 2. The van der Waals surface area contributed by atoms with Gasteiger partial charge in [-0.15, -0.1) is 0 Å². The fourth-order valence-electron chi connectivity index (χ4n) is 3.48. The Labute approximate surface area is 182 Å². The molecule has 0 aromatic heterocycles. The van der Waals surface area contributed by atoms with Gasteiger partial charge in [-0.2, -0.15) is 0 Å². The van der Waals surface area contributed by atoms with E-state index in [1.165, 1.54) is 0 Å². The molecule has 0 fully saturated rings. The van der Waals surface area contributed by atoms with E-state index in [1.807, 2.05) is 45.0 Å². The van der Waals surface area contributed by atoms with Gasteiger partial charge in [-0.1, -0.05) is 17.7 Å². The number of anilines is 2. The number of ether oxygens (including phenoxy) is 3. The molecule has 31 heavy (non-hydrogen) atoms. The first-order valence-electron chi connectivity index (χ1n) is 10.3. The van der Waals surface area contributed by atoms with Crippen molar-refractivity contribution in [2.45, 2.75) is 33.1 Å². The fraction of sp³-hybridized carbons (Fsp3) is 0.391. The number of nitrogens with zero attached hydrogens (tertiary/aromatic N) is 1. The van der Waals surface area contributed by atoms with Gasteiger partial charge in [-0.3, -0.25) is 4.79 Å². The summed E-state index contributed by atoms with van der Waals surface area (Å²) in [5, 5.41) is 5.56. The van der Waals surface area contributed by atoms with Crippen LogP contribution in [0.5, 0.6) is 5.75 Å². The molecule has 3 amide bonds. The molecular weight excluding hydrogens is 398 g/mol. The van der Waals surface area contributed by atoms with Crippen molar-refractivity contribution in [3.63, 3.8) is 0 Å². The molecule has 2 N–H and O–H groups in total. The maximum Gasteiger partial charge on any atom is 0.320 e. The van der Waals surface area contributed by atoms with E-state index in [2.05, 4.69) is 10.6 Å². The van der Waals surface area contributed by atoms with Gasteiger partial charge in [0.15, 0.2) is 6.29 Å². The molecule has 0 bridgehead atoms. The third-order valence-electron chi connectivity index (χ3n) is 4.97. The molecule has 2 aromatic carbocycles. The molecule has 0 spiro atoms. The minimum Gasteiger partial charge on any atom is -0.497 e. The Morgan fingerprint density at radius 2 is 1.77 bits per heavy atom. The van der Waals surface area contributed by atoms with Gasteiger partial charge in [0.25, 0.3) is 5.91 Å². The van der Waals surface area contributed by atoms with Crippen LogP contribution in [0.4, 0.5) is 16.2 Å². The zero-order valence-corrected chi connectivity index (χ0v) is 18.3. The lowest BCUT2D eigenvalue weighted by atomic mass is 10.1. The number of amides is 3. The number of fused-ring (bicyclic) bond motifs is 1. The van der Waals surface area contributed by atoms with Crippen LogP contribution in [0.3, 0.4) is 0 Å². The van der Waals surface area contributed by atoms with Crippen molar-refractivity contribution in [1.82, 2.24) is 5.32 Å². The first-order valence-corrected chi connectivity index (χ1v) is 10.3. The topological polar surface area (TPSA) is 89.1 Å². The molecule has 1 atom stereocenters. The normalized spacial score (nSPS) is 15.2. The zero-order valence-electron chi connectivity index (χ0n) is 18.3. The predicted molar refractivity (Wildman–Crippen MR) is 118 cm³/mol. The quantitative estimate of drug-likeness (QED) is 0.597. The van der Waals surface area contributed by atoms with Crippen molar-refractivity contribution in [3.05, 3.63) is 53.6 Å². The number of hydrogen-bond donors (Lipinski definition) is 2. The summed E-state index contributed by atoms with van der Waals surface area (Å²) in [7, 11) is 1.56. The Balaban J connectivity index is 1.82. The van der Waals surface area contributed by atoms with E-state index in [0.29, 0.717) is 35.9 Å². The van der Waals surface area contributed by atoms with E-state index < -0.39 is 18.4 Å². The van der Waals surface area contributed by atoms with Crippen LogP contribution in [-0.4, -0.2) is 45.1 Å². The second-order valence-corrected chi connectivity index (χ2v) is 7.11. The summed E-state index contributed by atoms with van der Waals surface area (Å²) in [6.07, 6.45) is -0.561. The molecule has 0 saturated carbocycles. The highest BCUT2D eigenvalue weighted by atomic mass is 16.7. The second kappa shape index (κ2) is 10.3. The van der Waals surface area contributed by atoms with E-state index in [-0.39, 0.29) is 12.5 Å². The molecule has 166 valence electrons. The van der Waals surface area contributed by atoms with Crippen LogP contribution in [-0.2, 0) is 14.3 Å². The van der Waals surface area contributed by atoms with Crippen molar-refractivity contribution in [2.24, 2.45) is 0 Å². The molecule has 1 unspecified atom stereocenters. The monoisotopic (exact) mass is 427 g/mol. The highest BCUT2D eigenvalue weighted by molar-refractivity contribution is 6.07. The Morgan fingerprint density at radius 3 is 2.39 bits per heavy atom. The van der Waals surface area contributed by atoms with Gasteiger partial charge in [0.1, 0.15) is 11.8 Å². The second-order valence-electron chi connectivity index (χ2n) is 7.11. The van der Waals surface area contributed by atoms with Crippen molar-refractivity contribution < 1.29 is 23.8 Å². The van der Waals surface area contributed by atoms with E-state index in [4.69, 9.17) is 14.2 Å². The van der Waals surface area contributed by atoms with Crippen molar-refractivity contribution >= 4 is 23.3 Å². The number of hydrogen-bond acceptors (Lipinski definition) is 5. The van der Waals surface area contributed by atoms with Crippen LogP contribution >= 0.6 is 0 Å². The summed E-state index contributed by atoms with van der Waals surface area (Å²) >= 11 is 0. The summed E-state index contributed by atoms with van der Waals surface area (Å²) in [5.41, 5.74) is 3.08. The maximum absolute atomic E-state index is 13.3. The van der Waals surface area contributed by atoms with Gasteiger partial charge in [-0.25, -0.2) is 4.79 Å². The zero-order chi connectivity index (χ0) is 22.4. The number of benzene rings is 2. The largest absolute Gasteiger partial charge is 0.497 e. The number of carbonyl (C=O) groups excluding carboxylic acids is 2. The molecule has 8 nitrogen and oxygen atoms in total. The van der Waals surface area contributed by atoms with Gasteiger partial charge in [0.2, 0.25) is 0 Å². The fourth-order valence-corrected chi connectivity index (χ4v) is 3.48. The highest BCUT2D eigenvalue weighted by Crippen LogP contribution is 2.38. The molecule has 0 radical (unpaired) electrons. The van der Waals surface area contributed by atoms with Crippen LogP contribution < -0.4 is 20.3 Å². The Morgan fingerprint density at radius 1 is 1.10 bits per heavy atom. The summed E-state index contributed by atoms with van der Waals surface area (Å²) < 4.78 is 16.6. The van der Waals surface area contributed by atoms with E-state index >= 15 is 0 Å². The first-order chi connectivity index (χ1) is 15.0. The highest BCUT2D eigenvalue weighted by Gasteiger charge is 2.39. The molecule has 0 saturated heterocycles. The number of rotatable bonds is 9. The van der Waals surface area contributed by atoms with E-state index in [1.54, 1.807) is 30.2 Å². The number of methoxy groups -OCH3 is 1. The molecule has 2 aromatic rings. The third-order valence-corrected chi connectivity index (χ3v) is 4.97. The smallest absolute Gasteiger partial charge is 0.320 e. The summed E-state index contributed by atoms with van der Waals surface area (Å²) in [4.78, 5) is 27.5. The Kier molecular flexibility index (Phi) is 7.49. The van der Waals surface area contributed by atoms with Gasteiger partial charge < -0.3 is 29.7 Å². The average molecular weight is 428 g/mol. The lowest BCUT2D eigenvalue weighted by Gasteiger charge is -2.24. The molecule has 1 aliphatic rings. The van der Waals surface area contributed by atoms with Gasteiger partial charge in [-0.05, 0) is 51.1 Å². The molecule has 0 aliphatic carbocycles. The van der Waals surface area contributed by atoms with Gasteiger partial charge in [0.05, 0.1) is 13.7 Å². The number of urea groups is 1. The summed E-state index contributed by atoms with van der Waals surface area (Å²) in [6, 6.07) is 11.5. The molecule has 8 heteroatoms. The third kappa shape index (κ3) is 5.34. The van der Waals surface area contributed by atoms with Gasteiger partial charge >= 0.3 is 6.03 Å². The van der Waals surface area contributed by atoms with Crippen molar-refractivity contribution in [1.29, 1.82) is 0 Å². The minimum atomic E-state index is -0.848. The van der Waals surface area contributed by atoms with Crippen LogP contribution in [0.2, 0.25) is 0 Å². The lowest BCUT2D eigenvalue weighted by Crippen LogP contribution is -2.43. The lowest BCUT2D eigenvalue weighted by molar-refractivity contribution is -0.135. The Bertz CT molecular complexity index is 910. The average Bonchev–Trinajstić information content (AvgIpc) is 3.00. The molecule has 1 heterocycles. The number of nitrogens with one attached hydrogen (secondary N) is 2. The van der Waals surface area contributed by atoms with Crippen LogP contribution in [0, 0.1) is 6.92 Å². The maximum atomic E-state index is 13.3. The SMILES string of the molecule is CCOC(CN1C(=O)C(NC(=O)Nc2ccc(C)cc2)c2cc(OC)ccc21)OCC. The van der Waals surface area contributed by atoms with Crippen LogP contribution in [0.1, 0.15) is 31.0 Å². The van der Waals surface area contributed by atoms with Crippen molar-refractivity contribution in [3.8, 4) is 5.75 Å². The van der Waals surface area contributed by atoms with E-state index in [9.17, 15) is 9.59 Å².